The molecule has 0 saturated heterocycles. The molecule has 13 heavy (non-hydrogen) atoms. The van der Waals surface area contributed by atoms with Crippen molar-refractivity contribution in [2.24, 2.45) is 0 Å². The van der Waals surface area contributed by atoms with Crippen LogP contribution in [0.4, 0.5) is 0 Å². The van der Waals surface area contributed by atoms with Gasteiger partial charge in [0.2, 0.25) is 0 Å². The monoisotopic (exact) mass is 178 g/mol. The summed E-state index contributed by atoms with van der Waals surface area (Å²) in [5.74, 6) is 0.552. The van der Waals surface area contributed by atoms with Crippen molar-refractivity contribution in [1.29, 1.82) is 0 Å². The Bertz CT molecular complexity index is 228. The quantitative estimate of drug-likeness (QED) is 0.751. The van der Waals surface area contributed by atoms with Crippen LogP contribution in [0.1, 0.15) is 38.2 Å². The third-order valence-corrected chi connectivity index (χ3v) is 2.39. The van der Waals surface area contributed by atoms with E-state index in [2.05, 4.69) is 31.2 Å². The summed E-state index contributed by atoms with van der Waals surface area (Å²) in [6.07, 6.45) is 1.77. The van der Waals surface area contributed by atoms with Gasteiger partial charge >= 0.3 is 0 Å². The second-order valence-corrected chi connectivity index (χ2v) is 3.74. The van der Waals surface area contributed by atoms with Gasteiger partial charge in [0.05, 0.1) is 6.10 Å². The van der Waals surface area contributed by atoms with Crippen molar-refractivity contribution in [2.75, 3.05) is 0 Å². The minimum Gasteiger partial charge on any atom is -0.393 e. The summed E-state index contributed by atoms with van der Waals surface area (Å²) in [5, 5.41) is 9.15. The van der Waals surface area contributed by atoms with Gasteiger partial charge in [-0.2, -0.15) is 0 Å². The van der Waals surface area contributed by atoms with Crippen molar-refractivity contribution in [3.05, 3.63) is 35.9 Å². The van der Waals surface area contributed by atoms with E-state index in [0.29, 0.717) is 5.92 Å². The Kier molecular flexibility index (Phi) is 3.97. The number of rotatable bonds is 4. The smallest absolute Gasteiger partial charge is 0.0512 e. The molecule has 2 atom stereocenters. The average molecular weight is 178 g/mol. The average Bonchev–Trinajstić information content (AvgIpc) is 2.15. The molecule has 0 heterocycles. The van der Waals surface area contributed by atoms with Crippen LogP contribution in [0.5, 0.6) is 0 Å². The van der Waals surface area contributed by atoms with Crippen molar-refractivity contribution in [3.63, 3.8) is 0 Å². The van der Waals surface area contributed by atoms with Gasteiger partial charge in [-0.1, -0.05) is 37.3 Å². The molecule has 0 fully saturated rings. The highest BCUT2D eigenvalue weighted by Crippen LogP contribution is 2.20. The summed E-state index contributed by atoms with van der Waals surface area (Å²) in [7, 11) is 0. The SMILES string of the molecule is CC(CC[C@@H](C)O)c1ccccc1. The minimum absolute atomic E-state index is 0.175. The third-order valence-electron chi connectivity index (χ3n) is 2.39. The summed E-state index contributed by atoms with van der Waals surface area (Å²) in [5.41, 5.74) is 1.36. The van der Waals surface area contributed by atoms with Crippen LogP contribution in [0.25, 0.3) is 0 Å². The van der Waals surface area contributed by atoms with Gasteiger partial charge in [-0.15, -0.1) is 0 Å². The molecule has 0 bridgehead atoms. The van der Waals surface area contributed by atoms with Crippen LogP contribution in [0.15, 0.2) is 30.3 Å². The van der Waals surface area contributed by atoms with Crippen molar-refractivity contribution in [1.82, 2.24) is 0 Å². The van der Waals surface area contributed by atoms with Gasteiger partial charge in [0.15, 0.2) is 0 Å². The van der Waals surface area contributed by atoms with Crippen LogP contribution >= 0.6 is 0 Å². The van der Waals surface area contributed by atoms with E-state index in [1.807, 2.05) is 13.0 Å². The largest absolute Gasteiger partial charge is 0.393 e. The second-order valence-electron chi connectivity index (χ2n) is 3.74. The standard InChI is InChI=1S/C12H18O/c1-10(8-9-11(2)13)12-6-4-3-5-7-12/h3-7,10-11,13H,8-9H2,1-2H3/t10?,11-/m1/s1. The zero-order valence-corrected chi connectivity index (χ0v) is 8.40. The van der Waals surface area contributed by atoms with Crippen LogP contribution in [0.2, 0.25) is 0 Å². The van der Waals surface area contributed by atoms with Gasteiger partial charge in [0, 0.05) is 0 Å². The normalized spacial score (nSPS) is 15.3. The van der Waals surface area contributed by atoms with Gasteiger partial charge in [0.25, 0.3) is 0 Å². The molecule has 72 valence electrons. The lowest BCUT2D eigenvalue weighted by atomic mass is 9.95. The molecule has 0 aromatic heterocycles. The Labute approximate surface area is 80.4 Å². The molecule has 0 aliphatic carbocycles. The fourth-order valence-corrected chi connectivity index (χ4v) is 1.44. The summed E-state index contributed by atoms with van der Waals surface area (Å²) >= 11 is 0. The molecule has 1 rings (SSSR count). The summed E-state index contributed by atoms with van der Waals surface area (Å²) in [4.78, 5) is 0. The van der Waals surface area contributed by atoms with E-state index < -0.39 is 0 Å². The zero-order chi connectivity index (χ0) is 9.68. The van der Waals surface area contributed by atoms with Crippen LogP contribution in [0.3, 0.4) is 0 Å². The van der Waals surface area contributed by atoms with E-state index in [4.69, 9.17) is 5.11 Å². The number of hydrogen-bond donors (Lipinski definition) is 1. The lowest BCUT2D eigenvalue weighted by Gasteiger charge is -2.12. The van der Waals surface area contributed by atoms with E-state index in [0.717, 1.165) is 12.8 Å². The first-order valence-corrected chi connectivity index (χ1v) is 4.93. The predicted octanol–water partition coefficient (Wildman–Crippen LogP) is 2.95. The summed E-state index contributed by atoms with van der Waals surface area (Å²) in [6.45, 7) is 4.05. The zero-order valence-electron chi connectivity index (χ0n) is 8.40. The molecule has 1 aromatic carbocycles. The topological polar surface area (TPSA) is 20.2 Å². The van der Waals surface area contributed by atoms with E-state index in [1.165, 1.54) is 5.56 Å². The Hall–Kier alpha value is -0.820. The molecule has 1 aromatic rings. The van der Waals surface area contributed by atoms with Crippen molar-refractivity contribution >= 4 is 0 Å². The molecular formula is C12H18O. The second kappa shape index (κ2) is 5.03. The van der Waals surface area contributed by atoms with Crippen molar-refractivity contribution in [3.8, 4) is 0 Å². The van der Waals surface area contributed by atoms with Crippen LogP contribution in [-0.2, 0) is 0 Å². The first-order chi connectivity index (χ1) is 6.20. The maximum Gasteiger partial charge on any atom is 0.0512 e. The molecule has 0 aliphatic rings. The fraction of sp³-hybridized carbons (Fsp3) is 0.500. The third kappa shape index (κ3) is 3.60. The summed E-state index contributed by atoms with van der Waals surface area (Å²) < 4.78 is 0. The Morgan fingerprint density at radius 3 is 2.23 bits per heavy atom. The molecule has 1 N–H and O–H groups in total. The van der Waals surface area contributed by atoms with Gasteiger partial charge in [-0.3, -0.25) is 0 Å². The van der Waals surface area contributed by atoms with Crippen molar-refractivity contribution in [2.45, 2.75) is 38.7 Å². The molecule has 0 radical (unpaired) electrons. The first-order valence-electron chi connectivity index (χ1n) is 4.93. The van der Waals surface area contributed by atoms with E-state index in [9.17, 15) is 0 Å². The van der Waals surface area contributed by atoms with Crippen LogP contribution in [-0.4, -0.2) is 11.2 Å². The summed E-state index contributed by atoms with van der Waals surface area (Å²) in [6, 6.07) is 10.5. The molecule has 1 nitrogen and oxygen atoms in total. The molecule has 0 spiro atoms. The highest BCUT2D eigenvalue weighted by atomic mass is 16.3. The molecule has 0 saturated carbocycles. The number of benzene rings is 1. The van der Waals surface area contributed by atoms with E-state index in [1.54, 1.807) is 0 Å². The van der Waals surface area contributed by atoms with Gasteiger partial charge in [0.1, 0.15) is 0 Å². The highest BCUT2D eigenvalue weighted by Gasteiger charge is 2.05. The molecule has 1 unspecified atom stereocenters. The van der Waals surface area contributed by atoms with E-state index in [-0.39, 0.29) is 6.10 Å². The molecule has 1 heteroatoms. The molecular weight excluding hydrogens is 160 g/mol. The minimum atomic E-state index is -0.175. The predicted molar refractivity (Wildman–Crippen MR) is 55.8 cm³/mol. The molecule has 0 amide bonds. The Morgan fingerprint density at radius 2 is 1.69 bits per heavy atom. The van der Waals surface area contributed by atoms with Crippen LogP contribution < -0.4 is 0 Å². The highest BCUT2D eigenvalue weighted by molar-refractivity contribution is 5.18. The molecule has 0 aliphatic heterocycles. The maximum atomic E-state index is 9.15. The fourth-order valence-electron chi connectivity index (χ4n) is 1.44. The lowest BCUT2D eigenvalue weighted by Crippen LogP contribution is -2.02. The number of aliphatic hydroxyl groups excluding tert-OH is 1. The van der Waals surface area contributed by atoms with Crippen molar-refractivity contribution < 1.29 is 5.11 Å². The van der Waals surface area contributed by atoms with Gasteiger partial charge < -0.3 is 5.11 Å². The van der Waals surface area contributed by atoms with Gasteiger partial charge in [-0.05, 0) is 31.2 Å². The van der Waals surface area contributed by atoms with Gasteiger partial charge in [-0.25, -0.2) is 0 Å². The number of hydrogen-bond acceptors (Lipinski definition) is 1. The maximum absolute atomic E-state index is 9.15. The first kappa shape index (κ1) is 10.3. The number of aliphatic hydroxyl groups is 1. The van der Waals surface area contributed by atoms with Crippen LogP contribution in [0, 0.1) is 0 Å². The van der Waals surface area contributed by atoms with E-state index >= 15 is 0 Å². The Balaban J connectivity index is 2.44. The lowest BCUT2D eigenvalue weighted by molar-refractivity contribution is 0.179. The Morgan fingerprint density at radius 1 is 1.08 bits per heavy atom.